The molecule has 0 bridgehead atoms. The van der Waals surface area contributed by atoms with Crippen molar-refractivity contribution in [2.45, 2.75) is 6.18 Å². The van der Waals surface area contributed by atoms with Gasteiger partial charge in [0.15, 0.2) is 5.75 Å². The van der Waals surface area contributed by atoms with E-state index in [2.05, 4.69) is 4.99 Å². The molecule has 0 amide bonds. The van der Waals surface area contributed by atoms with E-state index in [9.17, 15) is 13.2 Å². The number of ether oxygens (including phenoxy) is 2. The van der Waals surface area contributed by atoms with Crippen LogP contribution in [0.1, 0.15) is 5.56 Å². The highest BCUT2D eigenvalue weighted by atomic mass is 19.4. The topological polar surface area (TPSA) is 63.1 Å². The second-order valence-electron chi connectivity index (χ2n) is 4.35. The summed E-state index contributed by atoms with van der Waals surface area (Å²) in [7, 11) is 1.51. The zero-order valence-electron chi connectivity index (χ0n) is 12.0. The maximum atomic E-state index is 12.8. The quantitative estimate of drug-likeness (QED) is 0.492. The normalized spacial score (nSPS) is 11.5. The van der Waals surface area contributed by atoms with Crippen molar-refractivity contribution in [2.24, 2.45) is 4.99 Å². The van der Waals surface area contributed by atoms with Gasteiger partial charge in [-0.2, -0.15) is 13.2 Å². The predicted octanol–water partition coefficient (Wildman–Crippen LogP) is 4.14. The first-order chi connectivity index (χ1) is 10.9. The largest absolute Gasteiger partial charge is 0.497 e. The van der Waals surface area contributed by atoms with E-state index in [1.165, 1.54) is 7.11 Å². The zero-order chi connectivity index (χ0) is 16.9. The van der Waals surface area contributed by atoms with Crippen LogP contribution >= 0.6 is 0 Å². The number of halogens is 3. The number of nitrogens with zero attached hydrogens (tertiary/aromatic N) is 1. The van der Waals surface area contributed by atoms with Gasteiger partial charge in [0, 0.05) is 0 Å². The van der Waals surface area contributed by atoms with E-state index in [-0.39, 0.29) is 11.4 Å². The van der Waals surface area contributed by atoms with Gasteiger partial charge < -0.3 is 9.47 Å². The minimum atomic E-state index is -4.50. The van der Waals surface area contributed by atoms with E-state index in [1.807, 2.05) is 0 Å². The van der Waals surface area contributed by atoms with Crippen LogP contribution in [0.5, 0.6) is 17.2 Å². The molecule has 0 heterocycles. The molecule has 23 heavy (non-hydrogen) atoms. The lowest BCUT2D eigenvalue weighted by molar-refractivity contribution is -0.137. The van der Waals surface area contributed by atoms with Crippen molar-refractivity contribution in [2.75, 3.05) is 7.11 Å². The fourth-order valence-electron chi connectivity index (χ4n) is 1.75. The third-order valence-corrected chi connectivity index (χ3v) is 2.83. The van der Waals surface area contributed by atoms with Gasteiger partial charge in [-0.1, -0.05) is 0 Å². The maximum Gasteiger partial charge on any atom is 0.416 e. The number of benzene rings is 2. The number of nitrogens with one attached hydrogen (secondary N) is 1. The van der Waals surface area contributed by atoms with Crippen molar-refractivity contribution in [1.29, 1.82) is 0 Å². The van der Waals surface area contributed by atoms with Crippen LogP contribution in [0.15, 0.2) is 47.5 Å². The summed E-state index contributed by atoms with van der Waals surface area (Å²) in [6.07, 6.45) is -3.66. The number of rotatable bonds is 5. The number of hydroxylamine groups is 1. The summed E-state index contributed by atoms with van der Waals surface area (Å²) in [5.41, 5.74) is 0.679. The van der Waals surface area contributed by atoms with Crippen LogP contribution in [0.3, 0.4) is 0 Å². The first kappa shape index (κ1) is 16.6. The molecule has 0 unspecified atom stereocenters. The van der Waals surface area contributed by atoms with Gasteiger partial charge in [0.25, 0.3) is 0 Å². The zero-order valence-corrected chi connectivity index (χ0v) is 12.0. The molecule has 0 aliphatic rings. The Hall–Kier alpha value is -2.74. The Kier molecular flexibility index (Phi) is 5.07. The van der Waals surface area contributed by atoms with E-state index >= 15 is 0 Å². The van der Waals surface area contributed by atoms with Crippen LogP contribution in [0.4, 0.5) is 18.9 Å². The Morgan fingerprint density at radius 3 is 2.30 bits per heavy atom. The Morgan fingerprint density at radius 1 is 1.09 bits per heavy atom. The van der Waals surface area contributed by atoms with Crippen LogP contribution in [0.25, 0.3) is 0 Å². The van der Waals surface area contributed by atoms with Crippen molar-refractivity contribution in [1.82, 2.24) is 5.48 Å². The third-order valence-electron chi connectivity index (χ3n) is 2.83. The van der Waals surface area contributed by atoms with Gasteiger partial charge >= 0.3 is 6.18 Å². The third kappa shape index (κ3) is 4.36. The van der Waals surface area contributed by atoms with Gasteiger partial charge in [-0.3, -0.25) is 10.7 Å². The molecule has 5 nitrogen and oxygen atoms in total. The van der Waals surface area contributed by atoms with E-state index in [0.29, 0.717) is 11.5 Å². The number of aliphatic imine (C=N–C) groups is 1. The predicted molar refractivity (Wildman–Crippen MR) is 77.6 cm³/mol. The van der Waals surface area contributed by atoms with Crippen LogP contribution in [0.2, 0.25) is 0 Å². The first-order valence-corrected chi connectivity index (χ1v) is 6.39. The molecular formula is C15H13F3N2O3. The van der Waals surface area contributed by atoms with Gasteiger partial charge in [0.05, 0.1) is 12.7 Å². The van der Waals surface area contributed by atoms with Gasteiger partial charge in [-0.25, -0.2) is 4.99 Å². The molecule has 8 heteroatoms. The Labute approximate surface area is 130 Å². The monoisotopic (exact) mass is 326 g/mol. The van der Waals surface area contributed by atoms with E-state index in [1.54, 1.807) is 29.7 Å². The Morgan fingerprint density at radius 2 is 1.74 bits per heavy atom. The van der Waals surface area contributed by atoms with Gasteiger partial charge in [0.1, 0.15) is 23.5 Å². The van der Waals surface area contributed by atoms with Gasteiger partial charge in [0.2, 0.25) is 0 Å². The summed E-state index contributed by atoms with van der Waals surface area (Å²) in [5, 5.41) is 8.52. The molecule has 0 saturated carbocycles. The average Bonchev–Trinajstić information content (AvgIpc) is 2.53. The fourth-order valence-corrected chi connectivity index (χ4v) is 1.75. The summed E-state index contributed by atoms with van der Waals surface area (Å²) in [6.45, 7) is 0. The molecule has 0 saturated heterocycles. The fraction of sp³-hybridized carbons (Fsp3) is 0.133. The number of hydrogen-bond donors (Lipinski definition) is 2. The molecule has 122 valence electrons. The highest BCUT2D eigenvalue weighted by Gasteiger charge is 2.31. The second-order valence-corrected chi connectivity index (χ2v) is 4.35. The summed E-state index contributed by atoms with van der Waals surface area (Å²) in [4.78, 5) is 3.69. The SMILES string of the molecule is COc1ccc(Oc2ccc(C(F)(F)F)cc2N=CNO)cc1. The molecule has 0 spiro atoms. The highest BCUT2D eigenvalue weighted by molar-refractivity contribution is 5.65. The Balaban J connectivity index is 2.33. The van der Waals surface area contributed by atoms with Crippen LogP contribution in [-0.4, -0.2) is 18.7 Å². The molecule has 0 aliphatic carbocycles. The van der Waals surface area contributed by atoms with Crippen LogP contribution < -0.4 is 15.0 Å². The molecule has 2 aromatic rings. The van der Waals surface area contributed by atoms with Crippen molar-refractivity contribution in [3.63, 3.8) is 0 Å². The summed E-state index contributed by atoms with van der Waals surface area (Å²) in [5.74, 6) is 1.13. The van der Waals surface area contributed by atoms with Crippen LogP contribution in [-0.2, 0) is 6.18 Å². The molecule has 0 radical (unpaired) electrons. The Bertz CT molecular complexity index is 685. The molecule has 2 aromatic carbocycles. The van der Waals surface area contributed by atoms with Gasteiger partial charge in [-0.15, -0.1) is 0 Å². The molecule has 0 aliphatic heterocycles. The molecule has 0 fully saturated rings. The summed E-state index contributed by atoms with van der Waals surface area (Å²) >= 11 is 0. The standard InChI is InChI=1S/C15H13F3N2O3/c1-22-11-3-5-12(6-4-11)23-14-7-2-10(15(16,17)18)8-13(14)19-9-20-21/h2-9,21H,1H3,(H,19,20). The first-order valence-electron chi connectivity index (χ1n) is 6.39. The minimum absolute atomic E-state index is 0.0859. The van der Waals surface area contributed by atoms with Crippen molar-refractivity contribution < 1.29 is 27.9 Å². The van der Waals surface area contributed by atoms with E-state index < -0.39 is 11.7 Å². The van der Waals surface area contributed by atoms with Gasteiger partial charge in [-0.05, 0) is 42.5 Å². The van der Waals surface area contributed by atoms with Crippen molar-refractivity contribution >= 4 is 12.0 Å². The molecule has 0 atom stereocenters. The molecule has 2 N–H and O–H groups in total. The summed E-state index contributed by atoms with van der Waals surface area (Å²) < 4.78 is 48.8. The molecular weight excluding hydrogens is 313 g/mol. The lowest BCUT2D eigenvalue weighted by atomic mass is 10.2. The number of methoxy groups -OCH3 is 1. The maximum absolute atomic E-state index is 12.8. The molecule has 0 aromatic heterocycles. The lowest BCUT2D eigenvalue weighted by Crippen LogP contribution is -2.05. The average molecular weight is 326 g/mol. The lowest BCUT2D eigenvalue weighted by Gasteiger charge is -2.12. The highest BCUT2D eigenvalue weighted by Crippen LogP contribution is 2.38. The smallest absolute Gasteiger partial charge is 0.416 e. The van der Waals surface area contributed by atoms with Crippen LogP contribution in [0, 0.1) is 0 Å². The van der Waals surface area contributed by atoms with E-state index in [0.717, 1.165) is 24.5 Å². The van der Waals surface area contributed by atoms with Crippen molar-refractivity contribution in [3.8, 4) is 17.2 Å². The number of alkyl halides is 3. The van der Waals surface area contributed by atoms with Crippen molar-refractivity contribution in [3.05, 3.63) is 48.0 Å². The molecule has 2 rings (SSSR count). The minimum Gasteiger partial charge on any atom is -0.497 e. The summed E-state index contributed by atoms with van der Waals surface area (Å²) in [6, 6.07) is 9.39. The van der Waals surface area contributed by atoms with E-state index in [4.69, 9.17) is 14.7 Å². The number of hydrogen-bond acceptors (Lipinski definition) is 4. The second kappa shape index (κ2) is 7.01.